The zero-order chi connectivity index (χ0) is 18.7. The number of nitrogen functional groups attached to an aromatic ring is 1. The Balaban J connectivity index is 2.07. The number of rotatable bonds is 4. The normalized spacial score (nSPS) is 17.7. The number of halogens is 1. The fourth-order valence-electron chi connectivity index (χ4n) is 3.16. The molecule has 140 valence electrons. The number of anilines is 2. The van der Waals surface area contributed by atoms with Crippen LogP contribution in [0.15, 0.2) is 18.2 Å². The highest BCUT2D eigenvalue weighted by Gasteiger charge is 2.28. The van der Waals surface area contributed by atoms with Crippen molar-refractivity contribution in [3.63, 3.8) is 0 Å². The van der Waals surface area contributed by atoms with Gasteiger partial charge in [-0.05, 0) is 25.0 Å². The molecule has 0 aliphatic carbocycles. The summed E-state index contributed by atoms with van der Waals surface area (Å²) in [5.74, 6) is 2.22. The first-order valence-electron chi connectivity index (χ1n) is 8.40. The molecule has 1 aliphatic rings. The van der Waals surface area contributed by atoms with Crippen LogP contribution in [0.25, 0.3) is 0 Å². The van der Waals surface area contributed by atoms with Crippen LogP contribution < -0.4 is 20.1 Å². The summed E-state index contributed by atoms with van der Waals surface area (Å²) in [4.78, 5) is 10.7. The Hall–Kier alpha value is -2.25. The topological polar surface area (TPSA) is 82.7 Å². The van der Waals surface area contributed by atoms with Gasteiger partial charge in [0.05, 0.1) is 26.9 Å². The molecule has 1 aliphatic heterocycles. The van der Waals surface area contributed by atoms with Crippen molar-refractivity contribution in [2.45, 2.75) is 19.4 Å². The van der Waals surface area contributed by atoms with Gasteiger partial charge in [0.2, 0.25) is 5.95 Å². The largest absolute Gasteiger partial charge is 0.493 e. The molecular weight excluding hydrogens is 356 g/mol. The van der Waals surface area contributed by atoms with Gasteiger partial charge in [0.15, 0.2) is 11.5 Å². The predicted octanol–water partition coefficient (Wildman–Crippen LogP) is 3.01. The zero-order valence-electron chi connectivity index (χ0n) is 15.2. The summed E-state index contributed by atoms with van der Waals surface area (Å²) in [6.07, 6.45) is 0.879. The highest BCUT2D eigenvalue weighted by atomic mass is 35.5. The standard InChI is InChI=1S/C18H23ClN4O3/c1-11-7-17(22-18(20)21-11)23-5-4-6-26-10-14(23)12-8-15(24-2)16(25-3)9-13(12)19/h7-9,14H,4-6,10H2,1-3H3,(H2,20,21,22). The van der Waals surface area contributed by atoms with Crippen molar-refractivity contribution < 1.29 is 14.2 Å². The van der Waals surface area contributed by atoms with Gasteiger partial charge in [-0.15, -0.1) is 0 Å². The molecule has 1 atom stereocenters. The number of nitrogens with zero attached hydrogens (tertiary/aromatic N) is 3. The van der Waals surface area contributed by atoms with E-state index in [0.717, 1.165) is 30.0 Å². The summed E-state index contributed by atoms with van der Waals surface area (Å²) in [5.41, 5.74) is 7.56. The van der Waals surface area contributed by atoms with Crippen molar-refractivity contribution in [1.82, 2.24) is 9.97 Å². The molecule has 26 heavy (non-hydrogen) atoms. The minimum absolute atomic E-state index is 0.126. The lowest BCUT2D eigenvalue weighted by molar-refractivity contribution is 0.134. The molecule has 0 spiro atoms. The maximum Gasteiger partial charge on any atom is 0.222 e. The molecule has 3 rings (SSSR count). The molecule has 1 aromatic heterocycles. The lowest BCUT2D eigenvalue weighted by Gasteiger charge is -2.31. The first-order valence-corrected chi connectivity index (χ1v) is 8.78. The Labute approximate surface area is 158 Å². The SMILES string of the molecule is COc1cc(Cl)c(C2COCCCN2c2cc(C)nc(N)n2)cc1OC. The predicted molar refractivity (Wildman–Crippen MR) is 101 cm³/mol. The van der Waals surface area contributed by atoms with Crippen LogP contribution in [0.5, 0.6) is 11.5 Å². The molecule has 1 fully saturated rings. The molecule has 7 nitrogen and oxygen atoms in total. The van der Waals surface area contributed by atoms with Gasteiger partial charge in [-0.25, -0.2) is 4.98 Å². The molecule has 2 heterocycles. The number of hydrogen-bond donors (Lipinski definition) is 1. The molecule has 0 saturated carbocycles. The second-order valence-electron chi connectivity index (χ2n) is 6.09. The van der Waals surface area contributed by atoms with E-state index in [9.17, 15) is 0 Å². The van der Waals surface area contributed by atoms with Crippen LogP contribution >= 0.6 is 11.6 Å². The third kappa shape index (κ3) is 3.78. The van der Waals surface area contributed by atoms with E-state index in [4.69, 9.17) is 31.5 Å². The molecule has 1 saturated heterocycles. The van der Waals surface area contributed by atoms with Gasteiger partial charge >= 0.3 is 0 Å². The van der Waals surface area contributed by atoms with E-state index in [1.165, 1.54) is 0 Å². The van der Waals surface area contributed by atoms with E-state index >= 15 is 0 Å². The number of ether oxygens (including phenoxy) is 3. The van der Waals surface area contributed by atoms with Crippen molar-refractivity contribution in [3.05, 3.63) is 34.5 Å². The summed E-state index contributed by atoms with van der Waals surface area (Å²) in [6, 6.07) is 5.45. The molecule has 2 N–H and O–H groups in total. The highest BCUT2D eigenvalue weighted by Crippen LogP contribution is 2.39. The van der Waals surface area contributed by atoms with Crippen molar-refractivity contribution >= 4 is 23.4 Å². The van der Waals surface area contributed by atoms with Gasteiger partial charge in [-0.1, -0.05) is 11.6 Å². The second-order valence-corrected chi connectivity index (χ2v) is 6.50. The van der Waals surface area contributed by atoms with Gasteiger partial charge in [-0.2, -0.15) is 4.98 Å². The molecule has 8 heteroatoms. The lowest BCUT2D eigenvalue weighted by Crippen LogP contribution is -2.32. The Morgan fingerprint density at radius 2 is 1.92 bits per heavy atom. The van der Waals surface area contributed by atoms with Gasteiger partial charge in [0, 0.05) is 36.0 Å². The monoisotopic (exact) mass is 378 g/mol. The smallest absolute Gasteiger partial charge is 0.222 e. The molecular formula is C18H23ClN4O3. The van der Waals surface area contributed by atoms with E-state index in [1.54, 1.807) is 20.3 Å². The quantitative estimate of drug-likeness (QED) is 0.875. The average Bonchev–Trinajstić information content (AvgIpc) is 2.86. The third-order valence-electron chi connectivity index (χ3n) is 4.35. The number of nitrogens with two attached hydrogens (primary N) is 1. The maximum absolute atomic E-state index is 6.56. The van der Waals surface area contributed by atoms with Crippen LogP contribution in [0.2, 0.25) is 5.02 Å². The van der Waals surface area contributed by atoms with Crippen LogP contribution in [0.3, 0.4) is 0 Å². The number of benzene rings is 1. The second kappa shape index (κ2) is 7.97. The van der Waals surface area contributed by atoms with E-state index in [0.29, 0.717) is 29.7 Å². The van der Waals surface area contributed by atoms with Gasteiger partial charge < -0.3 is 24.8 Å². The molecule has 0 amide bonds. The third-order valence-corrected chi connectivity index (χ3v) is 4.68. The van der Waals surface area contributed by atoms with Crippen LogP contribution in [0.1, 0.15) is 23.7 Å². The molecule has 2 aromatic rings. The Morgan fingerprint density at radius 3 is 2.62 bits per heavy atom. The molecule has 0 bridgehead atoms. The fourth-order valence-corrected chi connectivity index (χ4v) is 3.44. The molecule has 0 radical (unpaired) electrons. The maximum atomic E-state index is 6.56. The zero-order valence-corrected chi connectivity index (χ0v) is 15.9. The summed E-state index contributed by atoms with van der Waals surface area (Å²) in [5, 5.41) is 0.585. The van der Waals surface area contributed by atoms with E-state index in [-0.39, 0.29) is 12.0 Å². The van der Waals surface area contributed by atoms with Crippen molar-refractivity contribution in [1.29, 1.82) is 0 Å². The minimum atomic E-state index is -0.126. The number of hydrogen-bond acceptors (Lipinski definition) is 7. The Morgan fingerprint density at radius 1 is 1.19 bits per heavy atom. The highest BCUT2D eigenvalue weighted by molar-refractivity contribution is 6.31. The number of methoxy groups -OCH3 is 2. The van der Waals surface area contributed by atoms with Gasteiger partial charge in [0.25, 0.3) is 0 Å². The van der Waals surface area contributed by atoms with Crippen molar-refractivity contribution in [2.75, 3.05) is 44.6 Å². The van der Waals surface area contributed by atoms with Gasteiger partial charge in [0.1, 0.15) is 5.82 Å². The summed E-state index contributed by atoms with van der Waals surface area (Å²) < 4.78 is 16.6. The molecule has 1 aromatic carbocycles. The van der Waals surface area contributed by atoms with Crippen LogP contribution in [-0.4, -0.2) is 43.9 Å². The first-order chi connectivity index (χ1) is 12.5. The van der Waals surface area contributed by atoms with Gasteiger partial charge in [-0.3, -0.25) is 0 Å². The first kappa shape index (κ1) is 18.5. The van der Waals surface area contributed by atoms with Crippen molar-refractivity contribution in [2.24, 2.45) is 0 Å². The van der Waals surface area contributed by atoms with Crippen LogP contribution in [-0.2, 0) is 4.74 Å². The summed E-state index contributed by atoms with van der Waals surface area (Å²) in [6.45, 7) is 3.83. The average molecular weight is 379 g/mol. The fraction of sp³-hybridized carbons (Fsp3) is 0.444. The Bertz CT molecular complexity index is 767. The van der Waals surface area contributed by atoms with Crippen LogP contribution in [0, 0.1) is 6.92 Å². The lowest BCUT2D eigenvalue weighted by atomic mass is 10.0. The molecule has 1 unspecified atom stereocenters. The van der Waals surface area contributed by atoms with E-state index < -0.39 is 0 Å². The van der Waals surface area contributed by atoms with Crippen LogP contribution in [0.4, 0.5) is 11.8 Å². The van der Waals surface area contributed by atoms with Crippen molar-refractivity contribution in [3.8, 4) is 11.5 Å². The Kier molecular flexibility index (Phi) is 5.68. The van der Waals surface area contributed by atoms with E-state index in [2.05, 4.69) is 14.9 Å². The summed E-state index contributed by atoms with van der Waals surface area (Å²) >= 11 is 6.56. The van der Waals surface area contributed by atoms with E-state index in [1.807, 2.05) is 19.1 Å². The number of aryl methyl sites for hydroxylation is 1. The number of aromatic nitrogens is 2. The summed E-state index contributed by atoms with van der Waals surface area (Å²) in [7, 11) is 3.19. The minimum Gasteiger partial charge on any atom is -0.493 e.